The molecule has 1 aromatic carbocycles. The molecule has 0 spiro atoms. The van der Waals surface area contributed by atoms with Crippen LogP contribution in [0.4, 0.5) is 10.1 Å². The van der Waals surface area contributed by atoms with Crippen LogP contribution in [0, 0.1) is 31.0 Å². The molecule has 0 radical (unpaired) electrons. The first-order chi connectivity index (χ1) is 13.4. The number of nitrogens with two attached hydrogens (primary N) is 1. The number of allylic oxidation sites excluding steroid dienone is 3. The normalized spacial score (nSPS) is 19.7. The van der Waals surface area contributed by atoms with Crippen LogP contribution in [0.15, 0.2) is 53.0 Å². The van der Waals surface area contributed by atoms with Crippen LogP contribution in [0.5, 0.6) is 0 Å². The lowest BCUT2D eigenvalue weighted by atomic mass is 9.75. The Labute approximate surface area is 167 Å². The molecule has 0 amide bonds. The van der Waals surface area contributed by atoms with Gasteiger partial charge < -0.3 is 5.73 Å². The molecule has 0 saturated carbocycles. The highest BCUT2D eigenvalue weighted by atomic mass is 32.1. The van der Waals surface area contributed by atoms with Crippen LogP contribution >= 0.6 is 11.3 Å². The average molecular weight is 393 g/mol. The van der Waals surface area contributed by atoms with E-state index in [2.05, 4.69) is 6.07 Å². The van der Waals surface area contributed by atoms with Gasteiger partial charge in [-0.2, -0.15) is 5.26 Å². The number of thiophene rings is 1. The Kier molecular flexibility index (Phi) is 4.56. The Balaban J connectivity index is 2.01. The number of para-hydroxylation sites is 1. The predicted molar refractivity (Wildman–Crippen MR) is 108 cm³/mol. The van der Waals surface area contributed by atoms with Crippen LogP contribution < -0.4 is 10.6 Å². The van der Waals surface area contributed by atoms with E-state index in [9.17, 15) is 14.4 Å². The van der Waals surface area contributed by atoms with E-state index >= 15 is 0 Å². The van der Waals surface area contributed by atoms with Gasteiger partial charge in [-0.15, -0.1) is 11.3 Å². The third kappa shape index (κ3) is 2.74. The Morgan fingerprint density at radius 2 is 2.04 bits per heavy atom. The van der Waals surface area contributed by atoms with Crippen molar-refractivity contribution in [3.63, 3.8) is 0 Å². The number of carbonyl (C=O) groups excluding carboxylic acids is 1. The number of ketones is 1. The third-order valence-electron chi connectivity index (χ3n) is 5.40. The van der Waals surface area contributed by atoms with Crippen LogP contribution in [-0.4, -0.2) is 5.78 Å². The largest absolute Gasteiger partial charge is 0.384 e. The first kappa shape index (κ1) is 18.5. The Morgan fingerprint density at radius 3 is 2.68 bits per heavy atom. The predicted octanol–water partition coefficient (Wildman–Crippen LogP) is 4.81. The van der Waals surface area contributed by atoms with Crippen molar-refractivity contribution in [2.75, 3.05) is 4.90 Å². The molecule has 0 fully saturated rings. The van der Waals surface area contributed by atoms with Crippen LogP contribution in [0.1, 0.15) is 40.5 Å². The second-order valence-corrected chi connectivity index (χ2v) is 8.60. The van der Waals surface area contributed by atoms with E-state index in [0.29, 0.717) is 36.1 Å². The fourth-order valence-electron chi connectivity index (χ4n) is 4.24. The van der Waals surface area contributed by atoms with Crippen molar-refractivity contribution < 1.29 is 9.18 Å². The number of halogens is 1. The maximum atomic E-state index is 14.6. The third-order valence-corrected chi connectivity index (χ3v) is 6.38. The minimum atomic E-state index is -0.485. The van der Waals surface area contributed by atoms with E-state index in [1.807, 2.05) is 19.9 Å². The summed E-state index contributed by atoms with van der Waals surface area (Å²) in [6.07, 6.45) is 1.74. The fraction of sp³-hybridized carbons (Fsp3) is 0.273. The van der Waals surface area contributed by atoms with Gasteiger partial charge in [0.05, 0.1) is 23.2 Å². The molecule has 2 aromatic rings. The molecular weight excluding hydrogens is 373 g/mol. The molecule has 4 rings (SSSR count). The van der Waals surface area contributed by atoms with Crippen molar-refractivity contribution in [2.24, 2.45) is 5.73 Å². The van der Waals surface area contributed by atoms with Crippen molar-refractivity contribution in [1.29, 1.82) is 5.26 Å². The van der Waals surface area contributed by atoms with E-state index in [-0.39, 0.29) is 17.3 Å². The summed E-state index contributed by atoms with van der Waals surface area (Å²) >= 11 is 1.64. The number of hydrogen-bond acceptors (Lipinski definition) is 5. The number of benzene rings is 1. The zero-order valence-electron chi connectivity index (χ0n) is 15.8. The highest BCUT2D eigenvalue weighted by molar-refractivity contribution is 7.12. The van der Waals surface area contributed by atoms with Gasteiger partial charge in [-0.05, 0) is 50.5 Å². The van der Waals surface area contributed by atoms with Gasteiger partial charge in [-0.3, -0.25) is 9.69 Å². The number of anilines is 1. The van der Waals surface area contributed by atoms with Crippen LogP contribution in [0.3, 0.4) is 0 Å². The number of rotatable bonds is 2. The summed E-state index contributed by atoms with van der Waals surface area (Å²) in [5.74, 6) is -0.709. The van der Waals surface area contributed by atoms with Crippen molar-refractivity contribution in [2.45, 2.75) is 39.0 Å². The topological polar surface area (TPSA) is 70.1 Å². The zero-order valence-corrected chi connectivity index (χ0v) is 16.6. The second kappa shape index (κ2) is 6.92. The van der Waals surface area contributed by atoms with E-state index in [0.717, 1.165) is 15.3 Å². The lowest BCUT2D eigenvalue weighted by Crippen LogP contribution is -2.39. The van der Waals surface area contributed by atoms with E-state index < -0.39 is 11.7 Å². The number of nitriles is 1. The van der Waals surface area contributed by atoms with Crippen LogP contribution in [-0.2, 0) is 4.79 Å². The molecule has 4 nitrogen and oxygen atoms in total. The van der Waals surface area contributed by atoms with Crippen molar-refractivity contribution >= 4 is 22.8 Å². The van der Waals surface area contributed by atoms with E-state index in [1.165, 1.54) is 6.07 Å². The highest BCUT2D eigenvalue weighted by Crippen LogP contribution is 2.48. The fourth-order valence-corrected chi connectivity index (χ4v) is 5.21. The quantitative estimate of drug-likeness (QED) is 0.795. The van der Waals surface area contributed by atoms with Crippen molar-refractivity contribution in [3.8, 4) is 6.07 Å². The van der Waals surface area contributed by atoms with Crippen molar-refractivity contribution in [3.05, 3.63) is 74.1 Å². The van der Waals surface area contributed by atoms with Gasteiger partial charge in [0.15, 0.2) is 5.78 Å². The van der Waals surface area contributed by atoms with Crippen LogP contribution in [0.2, 0.25) is 0 Å². The smallest absolute Gasteiger partial charge is 0.161 e. The number of Topliss-reactive ketones (excluding diaryl/α,β-unsaturated/α-hetero) is 1. The minimum absolute atomic E-state index is 0.0103. The lowest BCUT2D eigenvalue weighted by Gasteiger charge is -2.39. The Hall–Kier alpha value is -2.91. The molecule has 2 N–H and O–H groups in total. The maximum absolute atomic E-state index is 14.6. The summed E-state index contributed by atoms with van der Waals surface area (Å²) in [6.45, 7) is 4.00. The maximum Gasteiger partial charge on any atom is 0.161 e. The molecule has 142 valence electrons. The Morgan fingerprint density at radius 1 is 1.29 bits per heavy atom. The van der Waals surface area contributed by atoms with Gasteiger partial charge >= 0.3 is 0 Å². The molecule has 28 heavy (non-hydrogen) atoms. The molecule has 1 aromatic heterocycles. The Bertz CT molecular complexity index is 1090. The van der Waals surface area contributed by atoms with Gasteiger partial charge in [0.25, 0.3) is 0 Å². The van der Waals surface area contributed by atoms with E-state index in [4.69, 9.17) is 5.73 Å². The van der Waals surface area contributed by atoms with Crippen LogP contribution in [0.25, 0.3) is 0 Å². The molecule has 1 aliphatic heterocycles. The summed E-state index contributed by atoms with van der Waals surface area (Å²) in [6, 6.07) is 10.6. The molecule has 1 unspecified atom stereocenters. The molecule has 0 saturated heterocycles. The summed E-state index contributed by atoms with van der Waals surface area (Å²) in [5.41, 5.74) is 9.26. The summed E-state index contributed by atoms with van der Waals surface area (Å²) in [4.78, 5) is 16.8. The monoisotopic (exact) mass is 393 g/mol. The first-order valence-electron chi connectivity index (χ1n) is 9.21. The second-order valence-electron chi connectivity index (χ2n) is 7.14. The number of aryl methyl sites for hydroxylation is 2. The summed E-state index contributed by atoms with van der Waals surface area (Å²) in [7, 11) is 0. The number of nitrogens with zero attached hydrogens (tertiary/aromatic N) is 2. The summed E-state index contributed by atoms with van der Waals surface area (Å²) < 4.78 is 14.6. The first-order valence-corrected chi connectivity index (χ1v) is 10.0. The van der Waals surface area contributed by atoms with Gasteiger partial charge in [0.2, 0.25) is 0 Å². The van der Waals surface area contributed by atoms with Gasteiger partial charge in [0, 0.05) is 27.4 Å². The molecule has 1 aliphatic carbocycles. The van der Waals surface area contributed by atoms with E-state index in [1.54, 1.807) is 34.4 Å². The SMILES string of the molecule is Cc1cc(C2C(C#N)=C(N)N(c3ccccc3F)C3=C2C(=O)CCC3)c(C)s1. The molecule has 2 heterocycles. The van der Waals surface area contributed by atoms with Gasteiger partial charge in [-0.1, -0.05) is 12.1 Å². The zero-order chi connectivity index (χ0) is 20.0. The molecule has 1 atom stereocenters. The molecule has 0 bridgehead atoms. The average Bonchev–Trinajstić information content (AvgIpc) is 3.00. The molecular formula is C22H20FN3OS. The number of carbonyl (C=O) groups is 1. The molecule has 2 aliphatic rings. The lowest BCUT2D eigenvalue weighted by molar-refractivity contribution is -0.116. The van der Waals surface area contributed by atoms with Crippen molar-refractivity contribution in [1.82, 2.24) is 0 Å². The van der Waals surface area contributed by atoms with Gasteiger partial charge in [-0.25, -0.2) is 4.39 Å². The molecule has 6 heteroatoms. The standard InChI is InChI=1S/C22H20FN3OS/c1-12-10-14(13(2)28-12)20-15(11-24)22(25)26(17-7-4-3-6-16(17)23)18-8-5-9-19(27)21(18)20/h3-4,6-7,10,20H,5,8-9,25H2,1-2H3. The minimum Gasteiger partial charge on any atom is -0.384 e. The highest BCUT2D eigenvalue weighted by Gasteiger charge is 2.41. The van der Waals surface area contributed by atoms with Gasteiger partial charge in [0.1, 0.15) is 11.6 Å². The number of hydrogen-bond donors (Lipinski definition) is 1. The summed E-state index contributed by atoms with van der Waals surface area (Å²) in [5, 5.41) is 9.96.